The second kappa shape index (κ2) is 10.8. The van der Waals surface area contributed by atoms with E-state index >= 15 is 0 Å². The van der Waals surface area contributed by atoms with Gasteiger partial charge in [-0.2, -0.15) is 0 Å². The fourth-order valence-corrected chi connectivity index (χ4v) is 4.20. The lowest BCUT2D eigenvalue weighted by Crippen LogP contribution is -2.41. The molecule has 2 aromatic carbocycles. The molecule has 0 saturated heterocycles. The lowest BCUT2D eigenvalue weighted by Gasteiger charge is -2.29. The van der Waals surface area contributed by atoms with E-state index in [2.05, 4.69) is 10.6 Å². The molecular weight excluding hydrogens is 463 g/mol. The normalized spacial score (nSPS) is 17.9. The second-order valence-corrected chi connectivity index (χ2v) is 8.78. The van der Waals surface area contributed by atoms with E-state index in [9.17, 15) is 14.0 Å². The summed E-state index contributed by atoms with van der Waals surface area (Å²) in [6.07, 6.45) is 3.39. The Balaban J connectivity index is 1.17. The molecule has 1 heterocycles. The summed E-state index contributed by atoms with van der Waals surface area (Å²) >= 11 is 5.64. The molecule has 1 aliphatic rings. The van der Waals surface area contributed by atoms with Crippen LogP contribution in [0.15, 0.2) is 46.9 Å². The predicted octanol–water partition coefficient (Wildman–Crippen LogP) is 4.72. The third-order valence-corrected chi connectivity index (χ3v) is 6.28. The van der Waals surface area contributed by atoms with Crippen LogP contribution in [-0.4, -0.2) is 38.1 Å². The molecule has 0 aliphatic heterocycles. The van der Waals surface area contributed by atoms with Gasteiger partial charge in [-0.15, -0.1) is 0 Å². The number of furan rings is 1. The zero-order valence-corrected chi connectivity index (χ0v) is 19.5. The van der Waals surface area contributed by atoms with Gasteiger partial charge < -0.3 is 24.5 Å². The first kappa shape index (κ1) is 23.9. The summed E-state index contributed by atoms with van der Waals surface area (Å²) < 4.78 is 29.6. The number of carbonyl (C=O) groups is 2. The number of amides is 2. The molecule has 3 aromatic rings. The molecular formula is C25H26ClFN2O5. The summed E-state index contributed by atoms with van der Waals surface area (Å²) in [5.41, 5.74) is 0.632. The summed E-state index contributed by atoms with van der Waals surface area (Å²) in [5.74, 6) is 0.454. The topological polar surface area (TPSA) is 89.8 Å². The van der Waals surface area contributed by atoms with Gasteiger partial charge in [0.15, 0.2) is 12.4 Å². The van der Waals surface area contributed by atoms with Crippen molar-refractivity contribution in [2.24, 2.45) is 5.92 Å². The first-order valence-electron chi connectivity index (χ1n) is 11.1. The fourth-order valence-electron chi connectivity index (χ4n) is 4.08. The minimum absolute atomic E-state index is 0.00278. The van der Waals surface area contributed by atoms with Crippen LogP contribution in [-0.2, 0) is 4.79 Å². The van der Waals surface area contributed by atoms with Gasteiger partial charge in [0.1, 0.15) is 22.9 Å². The van der Waals surface area contributed by atoms with E-state index in [1.165, 1.54) is 12.1 Å². The number of nitrogens with one attached hydrogen (secondary N) is 2. The van der Waals surface area contributed by atoms with E-state index in [4.69, 9.17) is 25.5 Å². The van der Waals surface area contributed by atoms with Crippen molar-refractivity contribution in [2.45, 2.75) is 31.7 Å². The number of hydrogen-bond acceptors (Lipinski definition) is 5. The first-order valence-corrected chi connectivity index (χ1v) is 11.5. The van der Waals surface area contributed by atoms with Crippen LogP contribution in [0.5, 0.6) is 11.5 Å². The summed E-state index contributed by atoms with van der Waals surface area (Å²) in [6, 6.07) is 11.2. The van der Waals surface area contributed by atoms with Crippen molar-refractivity contribution in [3.63, 3.8) is 0 Å². The third kappa shape index (κ3) is 5.99. The molecule has 4 rings (SSSR count). The van der Waals surface area contributed by atoms with Crippen molar-refractivity contribution in [1.82, 2.24) is 10.6 Å². The van der Waals surface area contributed by atoms with E-state index < -0.39 is 5.82 Å². The van der Waals surface area contributed by atoms with Gasteiger partial charge in [0.25, 0.3) is 11.8 Å². The van der Waals surface area contributed by atoms with Crippen molar-refractivity contribution in [3.8, 4) is 11.5 Å². The highest BCUT2D eigenvalue weighted by Gasteiger charge is 2.23. The summed E-state index contributed by atoms with van der Waals surface area (Å²) in [7, 11) is 1.59. The van der Waals surface area contributed by atoms with Crippen molar-refractivity contribution < 1.29 is 27.9 Å². The molecule has 0 unspecified atom stereocenters. The van der Waals surface area contributed by atoms with Gasteiger partial charge in [-0.05, 0) is 68.0 Å². The van der Waals surface area contributed by atoms with Crippen LogP contribution >= 0.6 is 11.6 Å². The van der Waals surface area contributed by atoms with Crippen LogP contribution in [0, 0.1) is 11.7 Å². The summed E-state index contributed by atoms with van der Waals surface area (Å²) in [4.78, 5) is 24.7. The quantitative estimate of drug-likeness (QED) is 0.479. The Bertz CT molecular complexity index is 1170. The molecule has 1 fully saturated rings. The van der Waals surface area contributed by atoms with Crippen LogP contribution in [0.25, 0.3) is 11.0 Å². The maximum atomic E-state index is 13.5. The lowest BCUT2D eigenvalue weighted by atomic mass is 9.86. The second-order valence-electron chi connectivity index (χ2n) is 8.37. The Morgan fingerprint density at radius 3 is 2.59 bits per heavy atom. The van der Waals surface area contributed by atoms with Crippen molar-refractivity contribution in [2.75, 3.05) is 20.3 Å². The SMILES string of the molecule is COc1ccc2oc(C(=O)NCC3CCC(NC(=O)COc4ccc(Cl)c(F)c4)CC3)cc2c1. The van der Waals surface area contributed by atoms with E-state index in [0.717, 1.165) is 37.1 Å². The van der Waals surface area contributed by atoms with E-state index in [-0.39, 0.29) is 41.0 Å². The van der Waals surface area contributed by atoms with Crippen molar-refractivity contribution in [1.29, 1.82) is 0 Å². The fraction of sp³-hybridized carbons (Fsp3) is 0.360. The molecule has 180 valence electrons. The smallest absolute Gasteiger partial charge is 0.287 e. The summed E-state index contributed by atoms with van der Waals surface area (Å²) in [5, 5.41) is 6.72. The average molecular weight is 489 g/mol. The number of methoxy groups -OCH3 is 1. The molecule has 34 heavy (non-hydrogen) atoms. The Kier molecular flexibility index (Phi) is 7.57. The number of ether oxygens (including phenoxy) is 2. The predicted molar refractivity (Wildman–Crippen MR) is 126 cm³/mol. The highest BCUT2D eigenvalue weighted by atomic mass is 35.5. The lowest BCUT2D eigenvalue weighted by molar-refractivity contribution is -0.124. The third-order valence-electron chi connectivity index (χ3n) is 5.97. The molecule has 0 spiro atoms. The molecule has 1 saturated carbocycles. The number of hydrogen-bond donors (Lipinski definition) is 2. The zero-order chi connectivity index (χ0) is 24.1. The molecule has 0 atom stereocenters. The number of rotatable bonds is 8. The van der Waals surface area contributed by atoms with Gasteiger partial charge in [-0.1, -0.05) is 11.6 Å². The number of benzene rings is 2. The van der Waals surface area contributed by atoms with Crippen LogP contribution in [0.1, 0.15) is 36.2 Å². The summed E-state index contributed by atoms with van der Waals surface area (Å²) in [6.45, 7) is 0.353. The van der Waals surface area contributed by atoms with Crippen LogP contribution in [0.3, 0.4) is 0 Å². The largest absolute Gasteiger partial charge is 0.497 e. The minimum atomic E-state index is -0.592. The Morgan fingerprint density at radius 2 is 1.85 bits per heavy atom. The van der Waals surface area contributed by atoms with Gasteiger partial charge in [0.2, 0.25) is 0 Å². The Morgan fingerprint density at radius 1 is 1.09 bits per heavy atom. The molecule has 1 aromatic heterocycles. The minimum Gasteiger partial charge on any atom is -0.497 e. The monoisotopic (exact) mass is 488 g/mol. The average Bonchev–Trinajstić information content (AvgIpc) is 3.27. The molecule has 7 nitrogen and oxygen atoms in total. The van der Waals surface area contributed by atoms with Gasteiger partial charge in [0.05, 0.1) is 12.1 Å². The molecule has 2 amide bonds. The van der Waals surface area contributed by atoms with Gasteiger partial charge in [0, 0.05) is 24.0 Å². The van der Waals surface area contributed by atoms with Crippen LogP contribution < -0.4 is 20.1 Å². The van der Waals surface area contributed by atoms with Crippen molar-refractivity contribution in [3.05, 3.63) is 59.1 Å². The van der Waals surface area contributed by atoms with E-state index in [0.29, 0.717) is 23.8 Å². The number of fused-ring (bicyclic) bond motifs is 1. The van der Waals surface area contributed by atoms with Gasteiger partial charge >= 0.3 is 0 Å². The van der Waals surface area contributed by atoms with Crippen LogP contribution in [0.4, 0.5) is 4.39 Å². The van der Waals surface area contributed by atoms with Crippen molar-refractivity contribution >= 4 is 34.4 Å². The number of halogens is 2. The highest BCUT2D eigenvalue weighted by Crippen LogP contribution is 2.26. The molecule has 1 aliphatic carbocycles. The molecule has 0 radical (unpaired) electrons. The molecule has 9 heteroatoms. The van der Waals surface area contributed by atoms with E-state index in [1.54, 1.807) is 25.3 Å². The highest BCUT2D eigenvalue weighted by molar-refractivity contribution is 6.30. The number of carbonyl (C=O) groups excluding carboxylic acids is 2. The van der Waals surface area contributed by atoms with Gasteiger partial charge in [-0.25, -0.2) is 4.39 Å². The first-order chi connectivity index (χ1) is 16.4. The molecule has 2 N–H and O–H groups in total. The molecule has 0 bridgehead atoms. The van der Waals surface area contributed by atoms with Crippen LogP contribution in [0.2, 0.25) is 5.02 Å². The van der Waals surface area contributed by atoms with E-state index in [1.807, 2.05) is 6.07 Å². The van der Waals surface area contributed by atoms with Gasteiger partial charge in [-0.3, -0.25) is 9.59 Å². The Labute approximate surface area is 201 Å². The standard InChI is InChI=1S/C25H26ClFN2O5/c1-32-18-7-9-22-16(10-18)11-23(34-22)25(31)28-13-15-2-4-17(5-3-15)29-24(30)14-33-19-6-8-20(26)21(27)12-19/h6-12,15,17H,2-5,13-14H2,1H3,(H,28,31)(H,29,30). The maximum Gasteiger partial charge on any atom is 0.287 e. The maximum absolute atomic E-state index is 13.5. The zero-order valence-electron chi connectivity index (χ0n) is 18.7. The Hall–Kier alpha value is -3.26.